The first-order chi connectivity index (χ1) is 15.5. The molecule has 0 spiro atoms. The van der Waals surface area contributed by atoms with Crippen LogP contribution in [0.15, 0.2) is 71.4 Å². The Morgan fingerprint density at radius 2 is 1.81 bits per heavy atom. The summed E-state index contributed by atoms with van der Waals surface area (Å²) in [6, 6.07) is 19.0. The molecule has 0 unspecified atom stereocenters. The van der Waals surface area contributed by atoms with Crippen LogP contribution in [0.3, 0.4) is 0 Å². The number of nitrogens with one attached hydrogen (secondary N) is 2. The molecule has 0 atom stereocenters. The zero-order valence-corrected chi connectivity index (χ0v) is 17.8. The van der Waals surface area contributed by atoms with Crippen LogP contribution >= 0.6 is 0 Å². The van der Waals surface area contributed by atoms with Gasteiger partial charge in [0.05, 0.1) is 23.1 Å². The summed E-state index contributed by atoms with van der Waals surface area (Å²) in [5.41, 5.74) is 4.61. The van der Waals surface area contributed by atoms with Gasteiger partial charge in [0, 0.05) is 31.8 Å². The van der Waals surface area contributed by atoms with Crippen LogP contribution in [-0.4, -0.2) is 39.1 Å². The average Bonchev–Trinajstić information content (AvgIpc) is 3.47. The van der Waals surface area contributed by atoms with Gasteiger partial charge in [-0.25, -0.2) is 0 Å². The third kappa shape index (κ3) is 4.75. The van der Waals surface area contributed by atoms with Crippen molar-refractivity contribution in [2.45, 2.75) is 20.0 Å². The molecule has 0 aliphatic rings. The molecule has 0 saturated carbocycles. The van der Waals surface area contributed by atoms with Crippen LogP contribution in [0.4, 0.5) is 0 Å². The Kier molecular flexibility index (Phi) is 6.12. The third-order valence-corrected chi connectivity index (χ3v) is 5.03. The van der Waals surface area contributed by atoms with Gasteiger partial charge in [-0.1, -0.05) is 59.8 Å². The van der Waals surface area contributed by atoms with E-state index in [9.17, 15) is 9.59 Å². The Morgan fingerprint density at radius 3 is 2.50 bits per heavy atom. The van der Waals surface area contributed by atoms with Crippen molar-refractivity contribution in [3.63, 3.8) is 0 Å². The summed E-state index contributed by atoms with van der Waals surface area (Å²) in [6.45, 7) is 2.61. The molecule has 2 heterocycles. The van der Waals surface area contributed by atoms with Gasteiger partial charge in [0.2, 0.25) is 5.76 Å². The van der Waals surface area contributed by atoms with Crippen LogP contribution in [-0.2, 0) is 13.1 Å². The fraction of sp³-hybridized carbons (Fsp3) is 0.167. The van der Waals surface area contributed by atoms with E-state index < -0.39 is 0 Å². The first kappa shape index (κ1) is 21.0. The summed E-state index contributed by atoms with van der Waals surface area (Å²) in [5.74, 6) is -0.256. The van der Waals surface area contributed by atoms with Gasteiger partial charge in [-0.15, -0.1) is 0 Å². The molecule has 0 bridgehead atoms. The number of amides is 2. The number of carbonyl (C=O) groups excluding carboxylic acids is 2. The van der Waals surface area contributed by atoms with E-state index in [1.54, 1.807) is 31.1 Å². The number of nitrogens with zero attached hydrogens (tertiary/aromatic N) is 3. The predicted molar refractivity (Wildman–Crippen MR) is 119 cm³/mol. The van der Waals surface area contributed by atoms with Gasteiger partial charge in [0.25, 0.3) is 11.8 Å². The van der Waals surface area contributed by atoms with Crippen LogP contribution in [0.2, 0.25) is 0 Å². The second-order valence-electron chi connectivity index (χ2n) is 7.52. The summed E-state index contributed by atoms with van der Waals surface area (Å²) in [5, 5.41) is 13.5. The lowest BCUT2D eigenvalue weighted by molar-refractivity contribution is 0.0785. The normalized spacial score (nSPS) is 10.7. The van der Waals surface area contributed by atoms with Gasteiger partial charge in [-0.2, -0.15) is 5.10 Å². The monoisotopic (exact) mass is 429 g/mol. The van der Waals surface area contributed by atoms with Gasteiger partial charge in [0.15, 0.2) is 0 Å². The number of aromatic nitrogens is 3. The van der Waals surface area contributed by atoms with E-state index >= 15 is 0 Å². The molecule has 162 valence electrons. The van der Waals surface area contributed by atoms with Crippen LogP contribution in [0, 0.1) is 6.92 Å². The van der Waals surface area contributed by atoms with E-state index in [2.05, 4.69) is 20.7 Å². The van der Waals surface area contributed by atoms with Crippen molar-refractivity contribution < 1.29 is 14.1 Å². The number of rotatable bonds is 7. The third-order valence-electron chi connectivity index (χ3n) is 5.03. The Labute approximate surface area is 185 Å². The molecule has 2 aromatic heterocycles. The van der Waals surface area contributed by atoms with Crippen LogP contribution in [0.25, 0.3) is 11.3 Å². The van der Waals surface area contributed by atoms with Crippen LogP contribution in [0.5, 0.6) is 0 Å². The fourth-order valence-corrected chi connectivity index (χ4v) is 3.33. The summed E-state index contributed by atoms with van der Waals surface area (Å²) >= 11 is 0. The van der Waals surface area contributed by atoms with Gasteiger partial charge < -0.3 is 14.7 Å². The van der Waals surface area contributed by atoms with Crippen molar-refractivity contribution in [2.24, 2.45) is 0 Å². The molecule has 0 aliphatic heterocycles. The van der Waals surface area contributed by atoms with Gasteiger partial charge in [-0.05, 0) is 18.1 Å². The number of aromatic amines is 1. The molecule has 0 radical (unpaired) electrons. The van der Waals surface area contributed by atoms with E-state index in [1.807, 2.05) is 54.6 Å². The van der Waals surface area contributed by atoms with Gasteiger partial charge in [0.1, 0.15) is 0 Å². The molecule has 2 N–H and O–H groups in total. The Morgan fingerprint density at radius 1 is 1.06 bits per heavy atom. The van der Waals surface area contributed by atoms with E-state index in [0.29, 0.717) is 30.0 Å². The first-order valence-electron chi connectivity index (χ1n) is 10.1. The predicted octanol–water partition coefficient (Wildman–Crippen LogP) is 3.58. The maximum atomic E-state index is 13.0. The first-order valence-corrected chi connectivity index (χ1v) is 10.1. The standard InChI is InChI=1S/C24H23N5O3/c1-16-12-21(32-28-16)23(30)25-13-17-8-10-19(11-9-17)22-20(14-26-27-22)24(31)29(2)15-18-6-4-3-5-7-18/h3-12,14H,13,15H2,1-2H3,(H,25,30)(H,26,27). The van der Waals surface area contributed by atoms with Crippen LogP contribution < -0.4 is 5.32 Å². The highest BCUT2D eigenvalue weighted by molar-refractivity contribution is 5.99. The minimum absolute atomic E-state index is 0.115. The van der Waals surface area contributed by atoms with E-state index in [4.69, 9.17) is 4.52 Å². The highest BCUT2D eigenvalue weighted by atomic mass is 16.5. The van der Waals surface area contributed by atoms with Crippen molar-refractivity contribution in [2.75, 3.05) is 7.05 Å². The average molecular weight is 429 g/mol. The summed E-state index contributed by atoms with van der Waals surface area (Å²) < 4.78 is 4.97. The molecule has 8 nitrogen and oxygen atoms in total. The molecule has 2 amide bonds. The van der Waals surface area contributed by atoms with Crippen molar-refractivity contribution in [3.8, 4) is 11.3 Å². The highest BCUT2D eigenvalue weighted by Crippen LogP contribution is 2.23. The smallest absolute Gasteiger partial charge is 0.290 e. The van der Waals surface area contributed by atoms with Gasteiger partial charge in [-0.3, -0.25) is 14.7 Å². The molecular formula is C24H23N5O3. The number of carbonyl (C=O) groups is 2. The number of hydrogen-bond acceptors (Lipinski definition) is 5. The molecule has 0 saturated heterocycles. The molecule has 8 heteroatoms. The number of benzene rings is 2. The molecule has 32 heavy (non-hydrogen) atoms. The molecule has 4 aromatic rings. The molecule has 0 aliphatic carbocycles. The molecule has 0 fully saturated rings. The maximum absolute atomic E-state index is 13.0. The van der Waals surface area contributed by atoms with Gasteiger partial charge >= 0.3 is 0 Å². The van der Waals surface area contributed by atoms with Crippen LogP contribution in [0.1, 0.15) is 37.7 Å². The SMILES string of the molecule is Cc1cc(C(=O)NCc2ccc(-c3[nH]ncc3C(=O)N(C)Cc3ccccc3)cc2)on1. The Balaban J connectivity index is 1.42. The lowest BCUT2D eigenvalue weighted by Crippen LogP contribution is -2.26. The largest absolute Gasteiger partial charge is 0.351 e. The van der Waals surface area contributed by atoms with Crippen molar-refractivity contribution >= 4 is 11.8 Å². The summed E-state index contributed by atoms with van der Waals surface area (Å²) in [7, 11) is 1.77. The quantitative estimate of drug-likeness (QED) is 0.467. The minimum Gasteiger partial charge on any atom is -0.351 e. The molecular weight excluding hydrogens is 406 g/mol. The zero-order valence-electron chi connectivity index (χ0n) is 17.8. The molecule has 2 aromatic carbocycles. The number of hydrogen-bond donors (Lipinski definition) is 2. The van der Waals surface area contributed by atoms with E-state index in [1.165, 1.54) is 0 Å². The Hall–Kier alpha value is -4.20. The van der Waals surface area contributed by atoms with Crippen molar-refractivity contribution in [1.82, 2.24) is 25.6 Å². The lowest BCUT2D eigenvalue weighted by Gasteiger charge is -2.17. The lowest BCUT2D eigenvalue weighted by atomic mass is 10.0. The Bertz CT molecular complexity index is 1210. The molecule has 4 rings (SSSR count). The second kappa shape index (κ2) is 9.30. The fourth-order valence-electron chi connectivity index (χ4n) is 3.33. The second-order valence-corrected chi connectivity index (χ2v) is 7.52. The topological polar surface area (TPSA) is 104 Å². The summed E-state index contributed by atoms with van der Waals surface area (Å²) in [4.78, 5) is 26.8. The number of H-pyrrole nitrogens is 1. The minimum atomic E-state index is -0.322. The zero-order chi connectivity index (χ0) is 22.5. The maximum Gasteiger partial charge on any atom is 0.290 e. The van der Waals surface area contributed by atoms with E-state index in [-0.39, 0.29) is 17.6 Å². The van der Waals surface area contributed by atoms with Crippen molar-refractivity contribution in [3.05, 3.63) is 95.0 Å². The van der Waals surface area contributed by atoms with E-state index in [0.717, 1.165) is 16.7 Å². The van der Waals surface area contributed by atoms with Crippen molar-refractivity contribution in [1.29, 1.82) is 0 Å². The number of aryl methyl sites for hydroxylation is 1. The highest BCUT2D eigenvalue weighted by Gasteiger charge is 2.19. The summed E-state index contributed by atoms with van der Waals surface area (Å²) in [6.07, 6.45) is 1.55.